The molecule has 1 aromatic heterocycles. The van der Waals surface area contributed by atoms with Crippen LogP contribution in [0.1, 0.15) is 10.4 Å². The van der Waals surface area contributed by atoms with Gasteiger partial charge in [0.1, 0.15) is 11.6 Å². The van der Waals surface area contributed by atoms with Crippen molar-refractivity contribution in [1.82, 2.24) is 9.97 Å². The SMILES string of the molecule is COc1ncc(-c2ccc(S(=O)(=O)Nc3cc(F)c(C(=O)O)cc3F)cc2)cn1. The van der Waals surface area contributed by atoms with Crippen LogP contribution in [0.2, 0.25) is 0 Å². The number of carboxylic acid groups (broad SMARTS) is 1. The number of aromatic nitrogens is 2. The van der Waals surface area contributed by atoms with Crippen LogP contribution in [0.15, 0.2) is 53.7 Å². The number of nitrogens with one attached hydrogen (secondary N) is 1. The fraction of sp³-hybridized carbons (Fsp3) is 0.0556. The highest BCUT2D eigenvalue weighted by Crippen LogP contribution is 2.25. The van der Waals surface area contributed by atoms with Gasteiger partial charge in [-0.05, 0) is 23.8 Å². The Hall–Kier alpha value is -3.60. The van der Waals surface area contributed by atoms with Crippen molar-refractivity contribution in [3.63, 3.8) is 0 Å². The molecular weight excluding hydrogens is 408 g/mol. The quantitative estimate of drug-likeness (QED) is 0.628. The van der Waals surface area contributed by atoms with Crippen molar-refractivity contribution in [3.05, 3.63) is 66.0 Å². The fourth-order valence-electron chi connectivity index (χ4n) is 2.39. The molecule has 11 heteroatoms. The highest BCUT2D eigenvalue weighted by molar-refractivity contribution is 7.92. The van der Waals surface area contributed by atoms with Gasteiger partial charge in [0, 0.05) is 24.0 Å². The number of ether oxygens (including phenoxy) is 1. The van der Waals surface area contributed by atoms with Crippen LogP contribution in [0.3, 0.4) is 0 Å². The van der Waals surface area contributed by atoms with Gasteiger partial charge in [0.2, 0.25) is 0 Å². The van der Waals surface area contributed by atoms with Gasteiger partial charge >= 0.3 is 12.0 Å². The van der Waals surface area contributed by atoms with Crippen LogP contribution in [-0.2, 0) is 10.0 Å². The monoisotopic (exact) mass is 421 g/mol. The lowest BCUT2D eigenvalue weighted by atomic mass is 10.1. The van der Waals surface area contributed by atoms with E-state index in [1.54, 1.807) is 0 Å². The zero-order chi connectivity index (χ0) is 21.2. The Morgan fingerprint density at radius 3 is 2.21 bits per heavy atom. The van der Waals surface area contributed by atoms with Crippen LogP contribution in [0.5, 0.6) is 6.01 Å². The minimum Gasteiger partial charge on any atom is -0.478 e. The Balaban J connectivity index is 1.86. The number of aromatic carboxylic acids is 1. The van der Waals surface area contributed by atoms with Gasteiger partial charge in [-0.15, -0.1) is 0 Å². The minimum atomic E-state index is -4.25. The first-order valence-electron chi connectivity index (χ1n) is 7.93. The number of anilines is 1. The average molecular weight is 421 g/mol. The lowest BCUT2D eigenvalue weighted by Gasteiger charge is -2.11. The summed E-state index contributed by atoms with van der Waals surface area (Å²) in [5.74, 6) is -4.17. The molecule has 0 bridgehead atoms. The molecule has 0 radical (unpaired) electrons. The van der Waals surface area contributed by atoms with E-state index in [2.05, 4.69) is 9.97 Å². The molecule has 0 aliphatic rings. The topological polar surface area (TPSA) is 118 Å². The molecule has 3 aromatic rings. The lowest BCUT2D eigenvalue weighted by molar-refractivity contribution is 0.0691. The molecule has 0 amide bonds. The Labute approximate surface area is 163 Å². The summed E-state index contributed by atoms with van der Waals surface area (Å²) in [5.41, 5.74) is -0.383. The smallest absolute Gasteiger partial charge is 0.338 e. The zero-order valence-corrected chi connectivity index (χ0v) is 15.6. The number of carboxylic acids is 1. The van der Waals surface area contributed by atoms with E-state index in [4.69, 9.17) is 9.84 Å². The molecule has 0 aliphatic heterocycles. The van der Waals surface area contributed by atoms with Crippen LogP contribution < -0.4 is 9.46 Å². The van der Waals surface area contributed by atoms with Gasteiger partial charge in [0.15, 0.2) is 0 Å². The maximum absolute atomic E-state index is 14.0. The summed E-state index contributed by atoms with van der Waals surface area (Å²) in [6, 6.07) is 6.57. The van der Waals surface area contributed by atoms with Crippen molar-refractivity contribution in [2.45, 2.75) is 4.90 Å². The number of hydrogen-bond acceptors (Lipinski definition) is 6. The van der Waals surface area contributed by atoms with E-state index in [0.29, 0.717) is 23.3 Å². The number of halogens is 2. The molecule has 0 atom stereocenters. The second-order valence-corrected chi connectivity index (χ2v) is 7.39. The predicted octanol–water partition coefficient (Wildman–Crippen LogP) is 2.93. The van der Waals surface area contributed by atoms with E-state index in [-0.39, 0.29) is 10.9 Å². The highest BCUT2D eigenvalue weighted by Gasteiger charge is 2.20. The summed E-state index contributed by atoms with van der Waals surface area (Å²) in [4.78, 5) is 18.5. The number of rotatable bonds is 6. The van der Waals surface area contributed by atoms with Gasteiger partial charge in [0.05, 0.1) is 23.3 Å². The van der Waals surface area contributed by atoms with Crippen LogP contribution in [0.4, 0.5) is 14.5 Å². The molecule has 0 unspecified atom stereocenters. The van der Waals surface area contributed by atoms with Crippen molar-refractivity contribution >= 4 is 21.7 Å². The highest BCUT2D eigenvalue weighted by atomic mass is 32.2. The summed E-state index contributed by atoms with van der Waals surface area (Å²) >= 11 is 0. The molecule has 2 N–H and O–H groups in total. The number of benzene rings is 2. The van der Waals surface area contributed by atoms with Crippen molar-refractivity contribution in [2.24, 2.45) is 0 Å². The van der Waals surface area contributed by atoms with Gasteiger partial charge < -0.3 is 9.84 Å². The Morgan fingerprint density at radius 2 is 1.66 bits per heavy atom. The van der Waals surface area contributed by atoms with Crippen LogP contribution in [-0.4, -0.2) is 36.6 Å². The van der Waals surface area contributed by atoms with Crippen molar-refractivity contribution < 1.29 is 31.8 Å². The molecule has 2 aromatic carbocycles. The summed E-state index contributed by atoms with van der Waals surface area (Å²) in [5, 5.41) is 8.78. The first kappa shape index (κ1) is 20.1. The summed E-state index contributed by atoms with van der Waals surface area (Å²) < 4.78 is 59.4. The van der Waals surface area contributed by atoms with E-state index >= 15 is 0 Å². The van der Waals surface area contributed by atoms with Crippen molar-refractivity contribution in [1.29, 1.82) is 0 Å². The molecule has 3 rings (SSSR count). The third kappa shape index (κ3) is 4.29. The number of carbonyl (C=O) groups is 1. The lowest BCUT2D eigenvalue weighted by Crippen LogP contribution is -2.15. The third-order valence-corrected chi connectivity index (χ3v) is 5.22. The Kier molecular flexibility index (Phi) is 5.41. The molecule has 0 fully saturated rings. The van der Waals surface area contributed by atoms with Gasteiger partial charge in [-0.1, -0.05) is 12.1 Å². The predicted molar refractivity (Wildman–Crippen MR) is 98.1 cm³/mol. The normalized spacial score (nSPS) is 11.1. The molecular formula is C18H13F2N3O5S. The van der Waals surface area contributed by atoms with Gasteiger partial charge in [0.25, 0.3) is 10.0 Å². The number of sulfonamides is 1. The molecule has 1 heterocycles. The standard InChI is InChI=1S/C18H13F2N3O5S/c1-28-18-21-8-11(9-22-18)10-2-4-12(5-3-10)29(26,27)23-16-7-14(19)13(17(24)25)6-15(16)20/h2-9,23H,1H3,(H,24,25). The van der Waals surface area contributed by atoms with E-state index in [9.17, 15) is 22.0 Å². The first-order chi connectivity index (χ1) is 13.7. The molecule has 0 saturated carbocycles. The summed E-state index contributed by atoms with van der Waals surface area (Å²) in [6.45, 7) is 0. The van der Waals surface area contributed by atoms with Crippen LogP contribution in [0.25, 0.3) is 11.1 Å². The largest absolute Gasteiger partial charge is 0.478 e. The number of nitrogens with zero attached hydrogens (tertiary/aromatic N) is 2. The first-order valence-corrected chi connectivity index (χ1v) is 9.41. The Morgan fingerprint density at radius 1 is 1.03 bits per heavy atom. The molecule has 0 saturated heterocycles. The van der Waals surface area contributed by atoms with Crippen molar-refractivity contribution in [2.75, 3.05) is 11.8 Å². The fourth-order valence-corrected chi connectivity index (χ4v) is 3.45. The third-order valence-electron chi connectivity index (χ3n) is 3.84. The second kappa shape index (κ2) is 7.80. The molecule has 8 nitrogen and oxygen atoms in total. The molecule has 150 valence electrons. The minimum absolute atomic E-state index is 0.181. The Bertz CT molecular complexity index is 1170. The number of methoxy groups -OCH3 is 1. The van der Waals surface area contributed by atoms with Gasteiger partial charge in [-0.3, -0.25) is 4.72 Å². The summed E-state index contributed by atoms with van der Waals surface area (Å²) in [6.07, 6.45) is 2.99. The molecule has 29 heavy (non-hydrogen) atoms. The average Bonchev–Trinajstić information content (AvgIpc) is 2.70. The maximum Gasteiger partial charge on any atom is 0.338 e. The van der Waals surface area contributed by atoms with Crippen molar-refractivity contribution in [3.8, 4) is 17.1 Å². The number of hydrogen-bond donors (Lipinski definition) is 2. The van der Waals surface area contributed by atoms with Crippen LogP contribution >= 0.6 is 0 Å². The summed E-state index contributed by atoms with van der Waals surface area (Å²) in [7, 11) is -2.83. The second-order valence-electron chi connectivity index (χ2n) is 5.71. The van der Waals surface area contributed by atoms with Gasteiger partial charge in [-0.25, -0.2) is 32.0 Å². The maximum atomic E-state index is 14.0. The van der Waals surface area contributed by atoms with E-state index < -0.39 is 38.9 Å². The van der Waals surface area contributed by atoms with E-state index in [1.165, 1.54) is 43.8 Å². The zero-order valence-electron chi connectivity index (χ0n) is 14.8. The van der Waals surface area contributed by atoms with Crippen LogP contribution in [0, 0.1) is 11.6 Å². The van der Waals surface area contributed by atoms with E-state index in [1.807, 2.05) is 4.72 Å². The van der Waals surface area contributed by atoms with E-state index in [0.717, 1.165) is 0 Å². The van der Waals surface area contributed by atoms with Gasteiger partial charge in [-0.2, -0.15) is 0 Å². The molecule has 0 aliphatic carbocycles. The molecule has 0 spiro atoms.